The summed E-state index contributed by atoms with van der Waals surface area (Å²) in [6.07, 6.45) is 14.8. The Kier molecular flexibility index (Phi) is 4.99. The zero-order valence-electron chi connectivity index (χ0n) is 19.8. The van der Waals surface area contributed by atoms with Crippen LogP contribution in [0.1, 0.15) is 105 Å². The van der Waals surface area contributed by atoms with E-state index in [0.29, 0.717) is 22.4 Å². The monoisotopic (exact) mass is 401 g/mol. The van der Waals surface area contributed by atoms with Gasteiger partial charge in [0.2, 0.25) is 0 Å². The Bertz CT molecular complexity index is 632. The Morgan fingerprint density at radius 3 is 2.52 bits per heavy atom. The molecular formula is C27H47NO. The maximum Gasteiger partial charge on any atom is 0.0558 e. The average Bonchev–Trinajstić information content (AvgIpc) is 3.22. The van der Waals surface area contributed by atoms with E-state index in [1.165, 1.54) is 57.8 Å². The lowest BCUT2D eigenvalue weighted by Crippen LogP contribution is -2.59. The number of aliphatic hydroxyl groups excluding tert-OH is 1. The predicted octanol–water partition coefficient (Wildman–Crippen LogP) is 6.17. The standard InChI is InChI=1S/C27H47NO/c1-17(2)7-6-8-18(3)21-9-10-22-20-15-24-27(28-24)16-19(29)11-14-26(27,5)23(20)12-13-25(21,22)4/h17-24,28-29H,6-16H2,1-5H3/t18-,19+,20+,21-,22+,23+,24+,25-,26-,27+/m1/s1. The Morgan fingerprint density at radius 1 is 0.966 bits per heavy atom. The van der Waals surface area contributed by atoms with Crippen LogP contribution in [-0.4, -0.2) is 22.8 Å². The first-order valence-electron chi connectivity index (χ1n) is 13.2. The van der Waals surface area contributed by atoms with Crippen molar-refractivity contribution in [2.75, 3.05) is 0 Å². The zero-order valence-corrected chi connectivity index (χ0v) is 19.8. The molecule has 0 aromatic carbocycles. The number of aliphatic hydroxyl groups is 1. The van der Waals surface area contributed by atoms with Crippen molar-refractivity contribution in [3.05, 3.63) is 0 Å². The number of rotatable bonds is 5. The molecule has 2 heteroatoms. The molecule has 0 bridgehead atoms. The van der Waals surface area contributed by atoms with E-state index in [0.717, 1.165) is 48.3 Å². The number of nitrogens with one attached hydrogen (secondary N) is 1. The molecule has 4 saturated carbocycles. The number of fused-ring (bicyclic) bond motifs is 4. The van der Waals surface area contributed by atoms with Gasteiger partial charge in [0.1, 0.15) is 0 Å². The van der Waals surface area contributed by atoms with Crippen LogP contribution in [0.15, 0.2) is 0 Å². The van der Waals surface area contributed by atoms with E-state index in [-0.39, 0.29) is 6.10 Å². The van der Waals surface area contributed by atoms with Crippen molar-refractivity contribution in [3.8, 4) is 0 Å². The summed E-state index contributed by atoms with van der Waals surface area (Å²) in [4.78, 5) is 0. The molecule has 1 aliphatic heterocycles. The maximum atomic E-state index is 10.4. The minimum atomic E-state index is -0.0615. The lowest BCUT2D eigenvalue weighted by molar-refractivity contribution is -0.106. The van der Waals surface area contributed by atoms with Crippen LogP contribution in [-0.2, 0) is 0 Å². The van der Waals surface area contributed by atoms with Gasteiger partial charge in [-0.2, -0.15) is 0 Å². The highest BCUT2D eigenvalue weighted by atomic mass is 16.3. The van der Waals surface area contributed by atoms with Gasteiger partial charge in [-0.3, -0.25) is 0 Å². The van der Waals surface area contributed by atoms with E-state index in [1.807, 2.05) is 0 Å². The quantitative estimate of drug-likeness (QED) is 0.541. The van der Waals surface area contributed by atoms with Gasteiger partial charge in [-0.05, 0) is 97.7 Å². The first-order valence-corrected chi connectivity index (χ1v) is 13.2. The molecule has 166 valence electrons. The van der Waals surface area contributed by atoms with E-state index < -0.39 is 0 Å². The third-order valence-corrected chi connectivity index (χ3v) is 11.5. The van der Waals surface area contributed by atoms with Crippen LogP contribution in [0.5, 0.6) is 0 Å². The number of hydrogen-bond acceptors (Lipinski definition) is 2. The van der Waals surface area contributed by atoms with Gasteiger partial charge < -0.3 is 10.4 Å². The molecule has 0 radical (unpaired) electrons. The molecule has 0 unspecified atom stereocenters. The predicted molar refractivity (Wildman–Crippen MR) is 121 cm³/mol. The second-order valence-corrected chi connectivity index (χ2v) is 13.1. The van der Waals surface area contributed by atoms with E-state index in [4.69, 9.17) is 0 Å². The van der Waals surface area contributed by atoms with Crippen LogP contribution in [0, 0.1) is 46.3 Å². The molecule has 5 fully saturated rings. The van der Waals surface area contributed by atoms with Crippen LogP contribution in [0.25, 0.3) is 0 Å². The summed E-state index contributed by atoms with van der Waals surface area (Å²) < 4.78 is 0. The van der Waals surface area contributed by atoms with Crippen LogP contribution < -0.4 is 5.32 Å². The summed E-state index contributed by atoms with van der Waals surface area (Å²) in [5.41, 5.74) is 1.32. The largest absolute Gasteiger partial charge is 0.393 e. The van der Waals surface area contributed by atoms with Crippen molar-refractivity contribution in [1.29, 1.82) is 0 Å². The molecule has 5 rings (SSSR count). The fourth-order valence-electron chi connectivity index (χ4n) is 9.91. The summed E-state index contributed by atoms with van der Waals surface area (Å²) in [7, 11) is 0. The first-order chi connectivity index (χ1) is 13.7. The fraction of sp³-hybridized carbons (Fsp3) is 1.00. The minimum Gasteiger partial charge on any atom is -0.393 e. The van der Waals surface area contributed by atoms with Gasteiger partial charge in [0.05, 0.1) is 6.10 Å². The van der Waals surface area contributed by atoms with Gasteiger partial charge in [0.25, 0.3) is 0 Å². The average molecular weight is 402 g/mol. The lowest BCUT2D eigenvalue weighted by Gasteiger charge is -2.60. The second kappa shape index (κ2) is 6.96. The summed E-state index contributed by atoms with van der Waals surface area (Å²) in [5, 5.41) is 14.4. The molecular weight excluding hydrogens is 354 g/mol. The van der Waals surface area contributed by atoms with Gasteiger partial charge in [-0.1, -0.05) is 53.9 Å². The smallest absolute Gasteiger partial charge is 0.0558 e. The van der Waals surface area contributed by atoms with E-state index >= 15 is 0 Å². The highest BCUT2D eigenvalue weighted by Gasteiger charge is 2.74. The normalized spacial score (nSPS) is 54.3. The van der Waals surface area contributed by atoms with Crippen LogP contribution in [0.4, 0.5) is 0 Å². The Morgan fingerprint density at radius 2 is 1.76 bits per heavy atom. The van der Waals surface area contributed by atoms with Gasteiger partial charge >= 0.3 is 0 Å². The highest BCUT2D eigenvalue weighted by Crippen LogP contribution is 2.72. The zero-order chi connectivity index (χ0) is 20.6. The molecule has 29 heavy (non-hydrogen) atoms. The molecule has 4 aliphatic carbocycles. The molecule has 2 N–H and O–H groups in total. The van der Waals surface area contributed by atoms with Crippen molar-refractivity contribution >= 4 is 0 Å². The van der Waals surface area contributed by atoms with Crippen LogP contribution in [0.2, 0.25) is 0 Å². The SMILES string of the molecule is CC(C)CCC[C@@H](C)[C@H]1CC[C@H]2[C@@H]3C[C@@H]4N[C@@]45C[C@@H](O)CC[C@]5(C)[C@H]3CC[C@]12C. The molecule has 10 atom stereocenters. The summed E-state index contributed by atoms with van der Waals surface area (Å²) in [6.45, 7) is 12.7. The molecule has 0 amide bonds. The first kappa shape index (κ1) is 20.8. The fourth-order valence-corrected chi connectivity index (χ4v) is 9.91. The van der Waals surface area contributed by atoms with E-state index in [1.54, 1.807) is 0 Å². The molecule has 0 aromatic heterocycles. The molecule has 1 spiro atoms. The van der Waals surface area contributed by atoms with Crippen LogP contribution in [0.3, 0.4) is 0 Å². The van der Waals surface area contributed by atoms with E-state index in [9.17, 15) is 5.11 Å². The van der Waals surface area contributed by atoms with Crippen molar-refractivity contribution in [3.63, 3.8) is 0 Å². The van der Waals surface area contributed by atoms with Crippen molar-refractivity contribution in [2.45, 2.75) is 123 Å². The van der Waals surface area contributed by atoms with Gasteiger partial charge in [0.15, 0.2) is 0 Å². The van der Waals surface area contributed by atoms with Gasteiger partial charge in [-0.25, -0.2) is 0 Å². The third kappa shape index (κ3) is 2.94. The van der Waals surface area contributed by atoms with Crippen molar-refractivity contribution in [2.24, 2.45) is 46.3 Å². The molecule has 1 saturated heterocycles. The Balaban J connectivity index is 1.33. The summed E-state index contributed by atoms with van der Waals surface area (Å²) in [5.74, 6) is 5.52. The Hall–Kier alpha value is -0.0800. The maximum absolute atomic E-state index is 10.4. The molecule has 0 aromatic rings. The minimum absolute atomic E-state index is 0.0615. The van der Waals surface area contributed by atoms with Crippen LogP contribution >= 0.6 is 0 Å². The Labute approximate surface area is 180 Å². The van der Waals surface area contributed by atoms with E-state index in [2.05, 4.69) is 39.9 Å². The van der Waals surface area contributed by atoms with Gasteiger partial charge in [0, 0.05) is 11.6 Å². The molecule has 1 heterocycles. The molecule has 2 nitrogen and oxygen atoms in total. The topological polar surface area (TPSA) is 42.2 Å². The van der Waals surface area contributed by atoms with Crippen molar-refractivity contribution < 1.29 is 5.11 Å². The molecule has 5 aliphatic rings. The second-order valence-electron chi connectivity index (χ2n) is 13.1. The summed E-state index contributed by atoms with van der Waals surface area (Å²) >= 11 is 0. The van der Waals surface area contributed by atoms with Crippen molar-refractivity contribution in [1.82, 2.24) is 5.32 Å². The lowest BCUT2D eigenvalue weighted by atomic mass is 9.44. The number of hydrogen-bond donors (Lipinski definition) is 2. The van der Waals surface area contributed by atoms with Gasteiger partial charge in [-0.15, -0.1) is 0 Å². The third-order valence-electron chi connectivity index (χ3n) is 11.5. The summed E-state index contributed by atoms with van der Waals surface area (Å²) in [6, 6.07) is 0.702. The highest BCUT2D eigenvalue weighted by molar-refractivity contribution is 5.30.